The topological polar surface area (TPSA) is 71.3 Å². The highest BCUT2D eigenvalue weighted by molar-refractivity contribution is 14.1. The van der Waals surface area contributed by atoms with Crippen molar-refractivity contribution in [2.24, 2.45) is 0 Å². The highest BCUT2D eigenvalue weighted by Crippen LogP contribution is 2.18. The van der Waals surface area contributed by atoms with E-state index in [9.17, 15) is 9.59 Å². The standard InChI is InChI=1S/C18H12ClIN2O3/c19-12-3-1-2-11(10-12)17(23)21-13-4-6-14(7-5-13)22-18(24)15-8-9-16(20)25-15/h1-10H,(H,21,23)(H,22,24). The number of rotatable bonds is 4. The summed E-state index contributed by atoms with van der Waals surface area (Å²) in [6.45, 7) is 0. The lowest BCUT2D eigenvalue weighted by Crippen LogP contribution is -2.12. The van der Waals surface area contributed by atoms with Gasteiger partial charge < -0.3 is 15.1 Å². The van der Waals surface area contributed by atoms with Gasteiger partial charge in [-0.2, -0.15) is 0 Å². The van der Waals surface area contributed by atoms with Crippen LogP contribution in [0.2, 0.25) is 5.02 Å². The number of hydrogen-bond acceptors (Lipinski definition) is 3. The Kier molecular flexibility index (Phi) is 5.40. The summed E-state index contributed by atoms with van der Waals surface area (Å²) in [5.41, 5.74) is 1.67. The predicted octanol–water partition coefficient (Wildman–Crippen LogP) is 5.04. The minimum atomic E-state index is -0.335. The molecule has 2 N–H and O–H groups in total. The number of hydrogen-bond donors (Lipinski definition) is 2. The SMILES string of the molecule is O=C(Nc1ccc(NC(=O)c2ccc(I)o2)cc1)c1cccc(Cl)c1. The van der Waals surface area contributed by atoms with Gasteiger partial charge in [0.2, 0.25) is 0 Å². The van der Waals surface area contributed by atoms with Gasteiger partial charge in [0, 0.05) is 22.0 Å². The van der Waals surface area contributed by atoms with Crippen molar-refractivity contribution in [2.75, 3.05) is 10.6 Å². The van der Waals surface area contributed by atoms with E-state index in [1.807, 2.05) is 22.6 Å². The molecule has 2 amide bonds. The number of nitrogens with one attached hydrogen (secondary N) is 2. The van der Waals surface area contributed by atoms with Crippen molar-refractivity contribution in [2.45, 2.75) is 0 Å². The molecule has 3 rings (SSSR count). The molecule has 0 aliphatic heterocycles. The first kappa shape index (κ1) is 17.5. The number of carbonyl (C=O) groups excluding carboxylic acids is 2. The molecule has 0 fully saturated rings. The van der Waals surface area contributed by atoms with Crippen molar-refractivity contribution in [3.8, 4) is 0 Å². The molecule has 0 atom stereocenters. The Balaban J connectivity index is 1.64. The maximum Gasteiger partial charge on any atom is 0.291 e. The van der Waals surface area contributed by atoms with Crippen molar-refractivity contribution in [3.63, 3.8) is 0 Å². The van der Waals surface area contributed by atoms with Gasteiger partial charge in [-0.05, 0) is 77.2 Å². The summed E-state index contributed by atoms with van der Waals surface area (Å²) in [6.07, 6.45) is 0. The van der Waals surface area contributed by atoms with Crippen LogP contribution in [0.4, 0.5) is 11.4 Å². The first-order valence-electron chi connectivity index (χ1n) is 7.25. The van der Waals surface area contributed by atoms with E-state index >= 15 is 0 Å². The molecule has 25 heavy (non-hydrogen) atoms. The molecule has 0 unspecified atom stereocenters. The summed E-state index contributed by atoms with van der Waals surface area (Å²) in [4.78, 5) is 24.2. The second-order valence-electron chi connectivity index (χ2n) is 5.10. The van der Waals surface area contributed by atoms with E-state index in [-0.39, 0.29) is 17.6 Å². The van der Waals surface area contributed by atoms with Crippen LogP contribution in [0.1, 0.15) is 20.9 Å². The predicted molar refractivity (Wildman–Crippen MR) is 105 cm³/mol. The van der Waals surface area contributed by atoms with Crippen LogP contribution in [-0.4, -0.2) is 11.8 Å². The molecule has 1 heterocycles. The summed E-state index contributed by atoms with van der Waals surface area (Å²) in [6, 6.07) is 16.8. The molecule has 0 aliphatic rings. The van der Waals surface area contributed by atoms with Gasteiger partial charge in [-0.1, -0.05) is 17.7 Å². The van der Waals surface area contributed by atoms with Gasteiger partial charge in [-0.3, -0.25) is 9.59 Å². The first-order valence-corrected chi connectivity index (χ1v) is 8.70. The quantitative estimate of drug-likeness (QED) is 0.529. The molecule has 126 valence electrons. The van der Waals surface area contributed by atoms with Gasteiger partial charge in [0.15, 0.2) is 9.53 Å². The molecular weight excluding hydrogens is 455 g/mol. The number of halogens is 2. The Morgan fingerprint density at radius 3 is 2.08 bits per heavy atom. The Bertz CT molecular complexity index is 922. The Labute approximate surface area is 162 Å². The minimum Gasteiger partial charge on any atom is -0.445 e. The second kappa shape index (κ2) is 7.71. The van der Waals surface area contributed by atoms with Gasteiger partial charge in [0.25, 0.3) is 11.8 Å². The smallest absolute Gasteiger partial charge is 0.291 e. The lowest BCUT2D eigenvalue weighted by atomic mass is 10.2. The third-order valence-corrected chi connectivity index (χ3v) is 4.10. The lowest BCUT2D eigenvalue weighted by Gasteiger charge is -2.07. The summed E-state index contributed by atoms with van der Waals surface area (Å²) in [7, 11) is 0. The molecule has 0 spiro atoms. The average molecular weight is 467 g/mol. The van der Waals surface area contributed by atoms with Crippen molar-refractivity contribution in [1.29, 1.82) is 0 Å². The van der Waals surface area contributed by atoms with Crippen LogP contribution < -0.4 is 10.6 Å². The first-order chi connectivity index (χ1) is 12.0. The third-order valence-electron chi connectivity index (χ3n) is 3.28. The molecule has 0 radical (unpaired) electrons. The molecule has 1 aromatic heterocycles. The fourth-order valence-corrected chi connectivity index (χ4v) is 2.71. The molecule has 0 aliphatic carbocycles. The normalized spacial score (nSPS) is 10.3. The second-order valence-corrected chi connectivity index (χ2v) is 6.60. The van der Waals surface area contributed by atoms with E-state index in [0.717, 1.165) is 0 Å². The number of anilines is 2. The van der Waals surface area contributed by atoms with Crippen LogP contribution in [0, 0.1) is 3.77 Å². The largest absolute Gasteiger partial charge is 0.445 e. The van der Waals surface area contributed by atoms with E-state index in [1.54, 1.807) is 60.7 Å². The number of benzene rings is 2. The van der Waals surface area contributed by atoms with E-state index < -0.39 is 0 Å². The van der Waals surface area contributed by atoms with Crippen molar-refractivity contribution >= 4 is 57.4 Å². The fourth-order valence-electron chi connectivity index (χ4n) is 2.10. The van der Waals surface area contributed by atoms with Crippen molar-refractivity contribution in [1.82, 2.24) is 0 Å². The Hall–Kier alpha value is -2.32. The summed E-state index contributed by atoms with van der Waals surface area (Å²) < 4.78 is 5.90. The van der Waals surface area contributed by atoms with Crippen LogP contribution >= 0.6 is 34.2 Å². The molecular formula is C18H12ClIN2O3. The molecule has 0 saturated heterocycles. The molecule has 0 saturated carbocycles. The third kappa shape index (κ3) is 4.61. The maximum atomic E-state index is 12.2. The van der Waals surface area contributed by atoms with Gasteiger partial charge in [0.05, 0.1) is 0 Å². The van der Waals surface area contributed by atoms with E-state index in [2.05, 4.69) is 10.6 Å². The fraction of sp³-hybridized carbons (Fsp3) is 0. The minimum absolute atomic E-state index is 0.239. The van der Waals surface area contributed by atoms with Gasteiger partial charge in [-0.15, -0.1) is 0 Å². The number of amides is 2. The van der Waals surface area contributed by atoms with Crippen LogP contribution in [0.5, 0.6) is 0 Å². The van der Waals surface area contributed by atoms with Gasteiger partial charge in [0.1, 0.15) is 0 Å². The van der Waals surface area contributed by atoms with Gasteiger partial charge >= 0.3 is 0 Å². The Morgan fingerprint density at radius 2 is 1.52 bits per heavy atom. The number of carbonyl (C=O) groups is 2. The van der Waals surface area contributed by atoms with Crippen LogP contribution in [0.25, 0.3) is 0 Å². The summed E-state index contributed by atoms with van der Waals surface area (Å²) in [5.74, 6) is -0.356. The van der Waals surface area contributed by atoms with Crippen molar-refractivity contribution in [3.05, 3.63) is 80.8 Å². The summed E-state index contributed by atoms with van der Waals surface area (Å²) in [5, 5.41) is 5.99. The van der Waals surface area contributed by atoms with Crippen LogP contribution in [-0.2, 0) is 0 Å². The highest BCUT2D eigenvalue weighted by Gasteiger charge is 2.11. The Morgan fingerprint density at radius 1 is 0.880 bits per heavy atom. The molecule has 2 aromatic carbocycles. The average Bonchev–Trinajstić information content (AvgIpc) is 3.03. The van der Waals surface area contributed by atoms with E-state index in [4.69, 9.17) is 16.0 Å². The molecule has 3 aromatic rings. The molecule has 7 heteroatoms. The monoisotopic (exact) mass is 466 g/mol. The lowest BCUT2D eigenvalue weighted by molar-refractivity contribution is 0.0993. The van der Waals surface area contributed by atoms with Crippen LogP contribution in [0.3, 0.4) is 0 Å². The zero-order valence-electron chi connectivity index (χ0n) is 12.8. The zero-order valence-corrected chi connectivity index (χ0v) is 15.7. The summed E-state index contributed by atoms with van der Waals surface area (Å²) >= 11 is 7.88. The van der Waals surface area contributed by atoms with Crippen molar-refractivity contribution < 1.29 is 14.0 Å². The maximum absolute atomic E-state index is 12.2. The van der Waals surface area contributed by atoms with Gasteiger partial charge in [-0.25, -0.2) is 0 Å². The number of furan rings is 1. The van der Waals surface area contributed by atoms with Crippen LogP contribution in [0.15, 0.2) is 65.1 Å². The molecule has 5 nitrogen and oxygen atoms in total. The zero-order chi connectivity index (χ0) is 17.8. The van der Waals surface area contributed by atoms with E-state index in [1.165, 1.54) is 0 Å². The van der Waals surface area contributed by atoms with E-state index in [0.29, 0.717) is 25.7 Å². The highest BCUT2D eigenvalue weighted by atomic mass is 127. The molecule has 0 bridgehead atoms.